The van der Waals surface area contributed by atoms with Crippen molar-refractivity contribution >= 4 is 46.8 Å². The van der Waals surface area contributed by atoms with Crippen LogP contribution in [0.4, 0.5) is 0 Å². The molecule has 12 atom stereocenters. The average Bonchev–Trinajstić information content (AvgIpc) is 3.85. The maximum atomic E-state index is 13.0. The van der Waals surface area contributed by atoms with Gasteiger partial charge in [0, 0.05) is 84.7 Å². The van der Waals surface area contributed by atoms with E-state index < -0.39 is 0 Å². The Hall–Kier alpha value is -1.42. The number of hydrogen-bond donors (Lipinski definition) is 6. The van der Waals surface area contributed by atoms with Crippen molar-refractivity contribution in [2.45, 2.75) is 202 Å². The monoisotopic (exact) mass is 989 g/mol. The van der Waals surface area contributed by atoms with E-state index in [2.05, 4.69) is 79.5 Å². The van der Waals surface area contributed by atoms with Gasteiger partial charge in [-0.3, -0.25) is 29.4 Å². The minimum atomic E-state index is -0.123. The summed E-state index contributed by atoms with van der Waals surface area (Å²) < 4.78 is 24.0. The van der Waals surface area contributed by atoms with Crippen molar-refractivity contribution in [3.63, 3.8) is 0 Å². The Bertz CT molecular complexity index is 1550. The highest BCUT2D eigenvalue weighted by molar-refractivity contribution is 8.00. The molecule has 16 nitrogen and oxygen atoms in total. The lowest BCUT2D eigenvalue weighted by Gasteiger charge is -2.44. The fourth-order valence-electron chi connectivity index (χ4n) is 13.5. The van der Waals surface area contributed by atoms with E-state index in [1.165, 1.54) is 37.1 Å². The lowest BCUT2D eigenvalue weighted by molar-refractivity contribution is -0.122. The van der Waals surface area contributed by atoms with Crippen LogP contribution in [-0.4, -0.2) is 170 Å². The Labute approximate surface area is 416 Å². The summed E-state index contributed by atoms with van der Waals surface area (Å²) in [4.78, 5) is 42.3. The standard InChI is InChI=1S/C50H88N10O6S2/c1-7-51-45(61)29-41-49-57-55-31(3)59(49)43-19-13-35(63-5)27-39(43)47(53-41)33-9-15-37(16-10-33)67-25-23-65-21-22-66-24-26-68-38-17-11-34(12-18-38)48-40-28-36(64-6)14-20-44(40)60-32(4)56-58-50(60)42(54-48)30-46(62)52-8-2/h31-44,49-50,55-58H,7-30H2,1-6H3,(H,51,61)(H,52,62)/t31?,32?,33?,34?,35?,36?,37?,38?,39?,40?,41-,42-,43?,44?,49?,50?/m0/s1. The quantitative estimate of drug-likeness (QED) is 0.0864. The lowest BCUT2D eigenvalue weighted by atomic mass is 9.72. The molecule has 8 rings (SSSR count). The van der Waals surface area contributed by atoms with Crippen molar-refractivity contribution in [1.82, 2.24) is 42.1 Å². The van der Waals surface area contributed by atoms with Crippen molar-refractivity contribution in [3.8, 4) is 0 Å². The number of ether oxygens (including phenoxy) is 4. The van der Waals surface area contributed by atoms with Gasteiger partial charge >= 0.3 is 0 Å². The summed E-state index contributed by atoms with van der Waals surface area (Å²) in [5.41, 5.74) is 16.8. The number of nitrogens with zero attached hydrogens (tertiary/aromatic N) is 4. The molecule has 2 amide bonds. The molecule has 0 radical (unpaired) electrons. The van der Waals surface area contributed by atoms with Gasteiger partial charge in [-0.1, -0.05) is 0 Å². The first-order valence-electron chi connectivity index (χ1n) is 26.9. The summed E-state index contributed by atoms with van der Waals surface area (Å²) in [6, 6.07) is 0.540. The molecule has 4 aliphatic carbocycles. The van der Waals surface area contributed by atoms with Crippen LogP contribution in [-0.2, 0) is 28.5 Å². The van der Waals surface area contributed by atoms with Crippen LogP contribution in [0.1, 0.15) is 130 Å². The molecule has 68 heavy (non-hydrogen) atoms. The van der Waals surface area contributed by atoms with Gasteiger partial charge in [0.15, 0.2) is 0 Å². The van der Waals surface area contributed by atoms with Crippen molar-refractivity contribution in [3.05, 3.63) is 0 Å². The van der Waals surface area contributed by atoms with Crippen molar-refractivity contribution < 1.29 is 28.5 Å². The molecule has 386 valence electrons. The maximum Gasteiger partial charge on any atom is 0.222 e. The largest absolute Gasteiger partial charge is 0.381 e. The number of aliphatic imine (C=N–C) groups is 2. The summed E-state index contributed by atoms with van der Waals surface area (Å²) in [7, 11) is 3.72. The molecular weight excluding hydrogens is 901 g/mol. The van der Waals surface area contributed by atoms with Gasteiger partial charge in [0.2, 0.25) is 11.8 Å². The molecule has 10 unspecified atom stereocenters. The number of methoxy groups -OCH3 is 2. The van der Waals surface area contributed by atoms with E-state index in [1.807, 2.05) is 28.1 Å². The van der Waals surface area contributed by atoms with Crippen molar-refractivity contribution in [1.29, 1.82) is 0 Å². The number of fused-ring (bicyclic) bond motifs is 6. The summed E-state index contributed by atoms with van der Waals surface area (Å²) in [6.45, 7) is 12.5. The van der Waals surface area contributed by atoms with Crippen molar-refractivity contribution in [2.75, 3.05) is 65.2 Å². The molecule has 8 aliphatic rings. The van der Waals surface area contributed by atoms with E-state index in [0.29, 0.717) is 85.4 Å². The molecule has 4 heterocycles. The van der Waals surface area contributed by atoms with E-state index in [4.69, 9.17) is 28.9 Å². The van der Waals surface area contributed by atoms with Crippen molar-refractivity contribution in [2.24, 2.45) is 33.7 Å². The smallest absolute Gasteiger partial charge is 0.222 e. The molecule has 0 bridgehead atoms. The third-order valence-electron chi connectivity index (χ3n) is 16.8. The molecule has 18 heteroatoms. The van der Waals surface area contributed by atoms with E-state index in [1.54, 1.807) is 0 Å². The van der Waals surface area contributed by atoms with E-state index >= 15 is 0 Å². The fourth-order valence-corrected chi connectivity index (χ4v) is 15.8. The molecule has 4 saturated carbocycles. The summed E-state index contributed by atoms with van der Waals surface area (Å²) in [6.07, 6.45) is 17.5. The minimum Gasteiger partial charge on any atom is -0.381 e. The van der Waals surface area contributed by atoms with E-state index in [9.17, 15) is 9.59 Å². The predicted octanol–water partition coefficient (Wildman–Crippen LogP) is 4.83. The third-order valence-corrected chi connectivity index (χ3v) is 19.4. The number of hydrogen-bond acceptors (Lipinski definition) is 16. The first-order chi connectivity index (χ1) is 33.2. The zero-order chi connectivity index (χ0) is 47.6. The highest BCUT2D eigenvalue weighted by Crippen LogP contribution is 2.45. The zero-order valence-corrected chi connectivity index (χ0v) is 43.9. The van der Waals surface area contributed by atoms with Gasteiger partial charge < -0.3 is 29.6 Å². The molecule has 2 saturated heterocycles. The number of carbonyl (C=O) groups excluding carboxylic acids is 2. The Balaban J connectivity index is 0.728. The summed E-state index contributed by atoms with van der Waals surface area (Å²) in [5, 5.41) is 7.37. The number of amides is 2. The van der Waals surface area contributed by atoms with Gasteiger partial charge in [0.1, 0.15) is 0 Å². The number of carbonyl (C=O) groups is 2. The van der Waals surface area contributed by atoms with Crippen LogP contribution in [0.15, 0.2) is 9.98 Å². The second-order valence-corrected chi connectivity index (χ2v) is 23.7. The molecule has 4 aliphatic heterocycles. The average molecular weight is 989 g/mol. The van der Waals surface area contributed by atoms with Crippen LogP contribution in [0.5, 0.6) is 0 Å². The van der Waals surface area contributed by atoms with E-state index in [0.717, 1.165) is 88.9 Å². The number of hydrazine groups is 2. The molecule has 0 aromatic carbocycles. The molecular formula is C50H88N10O6S2. The highest BCUT2D eigenvalue weighted by Gasteiger charge is 2.52. The van der Waals surface area contributed by atoms with Crippen LogP contribution in [0.25, 0.3) is 0 Å². The fraction of sp³-hybridized carbons (Fsp3) is 0.920. The Kier molecular flexibility index (Phi) is 20.2. The first-order valence-corrected chi connectivity index (χ1v) is 29.0. The second kappa shape index (κ2) is 26.0. The minimum absolute atomic E-state index is 0.00886. The van der Waals surface area contributed by atoms with Gasteiger partial charge in [-0.2, -0.15) is 23.5 Å². The SMILES string of the molecule is CCNC(=O)C[C@@H]1N=C(C2CCC(SCCOCCOCCSC3CCC(C4=N[C@@H](CC(=O)NCC)C5NNC(C)N5C5CCC(OC)CC45)CC3)CC2)C2CC(OC)CCC2N2C(C)NNC12. The van der Waals surface area contributed by atoms with Crippen LogP contribution in [0.2, 0.25) is 0 Å². The Morgan fingerprint density at radius 2 is 1.00 bits per heavy atom. The lowest BCUT2D eigenvalue weighted by Crippen LogP contribution is -2.55. The maximum absolute atomic E-state index is 13.0. The number of thioether (sulfide) groups is 2. The molecule has 0 aromatic rings. The molecule has 0 aromatic heterocycles. The third kappa shape index (κ3) is 13.0. The van der Waals surface area contributed by atoms with Gasteiger partial charge in [-0.25, -0.2) is 21.7 Å². The van der Waals surface area contributed by atoms with Gasteiger partial charge in [0.25, 0.3) is 0 Å². The highest BCUT2D eigenvalue weighted by atomic mass is 32.2. The van der Waals surface area contributed by atoms with Crippen LogP contribution in [0, 0.1) is 23.7 Å². The molecule has 0 spiro atoms. The van der Waals surface area contributed by atoms with Gasteiger partial charge in [0.05, 0.1) is 88.2 Å². The molecule has 6 fully saturated rings. The Morgan fingerprint density at radius 3 is 1.38 bits per heavy atom. The Morgan fingerprint density at radius 1 is 0.588 bits per heavy atom. The number of nitrogens with one attached hydrogen (secondary N) is 6. The summed E-state index contributed by atoms with van der Waals surface area (Å²) >= 11 is 4.14. The normalized spacial score (nSPS) is 38.8. The summed E-state index contributed by atoms with van der Waals surface area (Å²) in [5.74, 6) is 3.82. The van der Waals surface area contributed by atoms with Gasteiger partial charge in [-0.15, -0.1) is 0 Å². The van der Waals surface area contributed by atoms with Crippen LogP contribution >= 0.6 is 23.5 Å². The van der Waals surface area contributed by atoms with Gasteiger partial charge in [-0.05, 0) is 129 Å². The first kappa shape index (κ1) is 52.9. The topological polar surface area (TPSA) is 174 Å². The van der Waals surface area contributed by atoms with Crippen LogP contribution in [0.3, 0.4) is 0 Å². The second-order valence-electron chi connectivity index (χ2n) is 20.9. The van der Waals surface area contributed by atoms with E-state index in [-0.39, 0.29) is 60.8 Å². The predicted molar refractivity (Wildman–Crippen MR) is 274 cm³/mol. The molecule has 6 N–H and O–H groups in total. The van der Waals surface area contributed by atoms with Crippen LogP contribution < -0.4 is 32.3 Å². The number of rotatable bonds is 21. The zero-order valence-electron chi connectivity index (χ0n) is 42.3.